The molecule has 120 valence electrons. The van der Waals surface area contributed by atoms with Crippen LogP contribution < -0.4 is 14.5 Å². The SMILES string of the molecule is O=P([O-])([O-])C(F)c1nc(-c2ccc(OC(F)(F)F)cc2)no1. The maximum Gasteiger partial charge on any atom is 0.573 e. The number of alkyl halides is 4. The molecular weight excluding hydrogens is 335 g/mol. The number of halogens is 4. The van der Waals surface area contributed by atoms with Gasteiger partial charge in [0, 0.05) is 5.56 Å². The van der Waals surface area contributed by atoms with Gasteiger partial charge in [-0.3, -0.25) is 0 Å². The Labute approximate surface area is 119 Å². The van der Waals surface area contributed by atoms with E-state index in [0.29, 0.717) is 0 Å². The molecule has 1 aromatic carbocycles. The van der Waals surface area contributed by atoms with Crippen LogP contribution in [-0.4, -0.2) is 16.5 Å². The number of hydrogen-bond acceptors (Lipinski definition) is 7. The third kappa shape index (κ3) is 4.03. The van der Waals surface area contributed by atoms with Crippen LogP contribution in [0, 0.1) is 0 Å². The molecule has 1 aromatic heterocycles. The third-order valence-corrected chi connectivity index (χ3v) is 3.05. The Morgan fingerprint density at radius 3 is 2.32 bits per heavy atom. The maximum absolute atomic E-state index is 13.2. The zero-order valence-electron chi connectivity index (χ0n) is 10.3. The van der Waals surface area contributed by atoms with Crippen molar-refractivity contribution in [1.82, 2.24) is 10.1 Å². The number of aromatic nitrogens is 2. The highest BCUT2D eigenvalue weighted by molar-refractivity contribution is 7.48. The predicted molar refractivity (Wildman–Crippen MR) is 57.9 cm³/mol. The van der Waals surface area contributed by atoms with Crippen molar-refractivity contribution in [3.05, 3.63) is 30.2 Å². The summed E-state index contributed by atoms with van der Waals surface area (Å²) in [5, 5.41) is 3.24. The number of ether oxygens (including phenoxy) is 1. The van der Waals surface area contributed by atoms with Gasteiger partial charge in [-0.05, 0) is 31.9 Å². The van der Waals surface area contributed by atoms with Crippen LogP contribution in [0.2, 0.25) is 0 Å². The van der Waals surface area contributed by atoms with Crippen molar-refractivity contribution in [2.24, 2.45) is 0 Å². The molecule has 0 saturated carbocycles. The third-order valence-electron chi connectivity index (χ3n) is 2.27. The first-order chi connectivity index (χ1) is 10.1. The van der Waals surface area contributed by atoms with Gasteiger partial charge >= 0.3 is 6.36 Å². The Kier molecular flexibility index (Phi) is 4.23. The van der Waals surface area contributed by atoms with Crippen molar-refractivity contribution in [3.8, 4) is 17.1 Å². The first-order valence-corrected chi connectivity index (χ1v) is 7.03. The molecule has 1 atom stereocenters. The van der Waals surface area contributed by atoms with Crippen molar-refractivity contribution in [3.63, 3.8) is 0 Å². The number of benzene rings is 1. The normalized spacial score (nSPS) is 13.9. The molecule has 2 aromatic rings. The molecular formula is C10H5F4N2O5P-2. The van der Waals surface area contributed by atoms with Crippen molar-refractivity contribution >= 4 is 7.60 Å². The van der Waals surface area contributed by atoms with E-state index in [1.807, 2.05) is 0 Å². The molecule has 22 heavy (non-hydrogen) atoms. The fourth-order valence-electron chi connectivity index (χ4n) is 1.39. The second-order valence-corrected chi connectivity index (χ2v) is 5.44. The zero-order chi connectivity index (χ0) is 16.5. The van der Waals surface area contributed by atoms with Gasteiger partial charge in [0.25, 0.3) is 5.89 Å². The summed E-state index contributed by atoms with van der Waals surface area (Å²) in [6.45, 7) is 0. The quantitative estimate of drug-likeness (QED) is 0.613. The lowest BCUT2D eigenvalue weighted by atomic mass is 10.2. The minimum absolute atomic E-state index is 0.100. The second-order valence-electron chi connectivity index (χ2n) is 3.90. The van der Waals surface area contributed by atoms with Crippen molar-refractivity contribution in [2.75, 3.05) is 0 Å². The lowest BCUT2D eigenvalue weighted by Crippen LogP contribution is -2.18. The highest BCUT2D eigenvalue weighted by Gasteiger charge is 2.31. The van der Waals surface area contributed by atoms with Crippen LogP contribution in [0.3, 0.4) is 0 Å². The number of hydrogen-bond donors (Lipinski definition) is 0. The molecule has 1 unspecified atom stereocenters. The van der Waals surface area contributed by atoms with Gasteiger partial charge in [0.15, 0.2) is 0 Å². The second kappa shape index (κ2) is 5.67. The molecule has 0 spiro atoms. The molecule has 0 aliphatic heterocycles. The van der Waals surface area contributed by atoms with Gasteiger partial charge in [0.1, 0.15) is 5.75 Å². The Hall–Kier alpha value is -1.97. The molecule has 0 aliphatic carbocycles. The summed E-state index contributed by atoms with van der Waals surface area (Å²) in [6, 6.07) is 4.10. The van der Waals surface area contributed by atoms with Crippen LogP contribution in [0.15, 0.2) is 28.8 Å². The topological polar surface area (TPSA) is 111 Å². The number of rotatable bonds is 4. The van der Waals surface area contributed by atoms with E-state index in [2.05, 4.69) is 19.4 Å². The summed E-state index contributed by atoms with van der Waals surface area (Å²) < 4.78 is 67.6. The van der Waals surface area contributed by atoms with Gasteiger partial charge in [-0.1, -0.05) is 5.16 Å². The van der Waals surface area contributed by atoms with Gasteiger partial charge in [-0.15, -0.1) is 13.2 Å². The van der Waals surface area contributed by atoms with Crippen LogP contribution >= 0.6 is 7.60 Å². The smallest absolute Gasteiger partial charge is 0.573 e. The average Bonchev–Trinajstić information content (AvgIpc) is 2.85. The average molecular weight is 340 g/mol. The van der Waals surface area contributed by atoms with E-state index < -0.39 is 31.5 Å². The zero-order valence-corrected chi connectivity index (χ0v) is 11.2. The fraction of sp³-hybridized carbons (Fsp3) is 0.200. The van der Waals surface area contributed by atoms with Gasteiger partial charge in [-0.2, -0.15) is 4.98 Å². The maximum atomic E-state index is 13.2. The monoisotopic (exact) mass is 340 g/mol. The Balaban J connectivity index is 2.20. The van der Waals surface area contributed by atoms with E-state index in [1.165, 1.54) is 0 Å². The van der Waals surface area contributed by atoms with Gasteiger partial charge in [-0.25, -0.2) is 4.39 Å². The molecule has 0 N–H and O–H groups in total. The summed E-state index contributed by atoms with van der Waals surface area (Å²) in [5.74, 6) is -4.86. The summed E-state index contributed by atoms with van der Waals surface area (Å²) in [7, 11) is -5.60. The van der Waals surface area contributed by atoms with E-state index in [0.717, 1.165) is 24.3 Å². The molecule has 1 heterocycles. The Morgan fingerprint density at radius 1 is 1.23 bits per heavy atom. The van der Waals surface area contributed by atoms with Crippen molar-refractivity contribution in [1.29, 1.82) is 0 Å². The van der Waals surface area contributed by atoms with Crippen LogP contribution in [0.1, 0.15) is 11.8 Å². The van der Waals surface area contributed by atoms with Crippen LogP contribution in [0.4, 0.5) is 17.6 Å². The van der Waals surface area contributed by atoms with Crippen molar-refractivity contribution < 1.29 is 41.2 Å². The van der Waals surface area contributed by atoms with Gasteiger partial charge in [0.05, 0.1) is 0 Å². The van der Waals surface area contributed by atoms with Crippen molar-refractivity contribution in [2.45, 2.75) is 12.3 Å². The van der Waals surface area contributed by atoms with Crippen LogP contribution in [0.5, 0.6) is 5.75 Å². The fourth-order valence-corrected chi connectivity index (χ4v) is 1.77. The standard InChI is InChI=1S/C10H7F4N2O5P/c11-7(22(17,18)19)9-15-8(16-21-9)5-1-3-6(4-2-5)20-10(12,13)14/h1-4,7H,(H2,17,18,19)/p-2. The largest absolute Gasteiger partial charge is 0.808 e. The lowest BCUT2D eigenvalue weighted by Gasteiger charge is -2.30. The Bertz CT molecular complexity index is 696. The molecule has 0 bridgehead atoms. The Morgan fingerprint density at radius 2 is 1.82 bits per heavy atom. The van der Waals surface area contributed by atoms with E-state index in [1.54, 1.807) is 0 Å². The minimum atomic E-state index is -5.60. The predicted octanol–water partition coefficient (Wildman–Crippen LogP) is 1.52. The van der Waals surface area contributed by atoms with Crippen LogP contribution in [-0.2, 0) is 4.57 Å². The summed E-state index contributed by atoms with van der Waals surface area (Å²) in [6.07, 6.45) is -4.86. The van der Waals surface area contributed by atoms with E-state index >= 15 is 0 Å². The molecule has 0 radical (unpaired) electrons. The molecule has 0 amide bonds. The molecule has 0 aliphatic rings. The highest BCUT2D eigenvalue weighted by atomic mass is 31.2. The van der Waals surface area contributed by atoms with Gasteiger partial charge in [0.2, 0.25) is 11.7 Å². The molecule has 7 nitrogen and oxygen atoms in total. The highest BCUT2D eigenvalue weighted by Crippen LogP contribution is 2.44. The summed E-state index contributed by atoms with van der Waals surface area (Å²) >= 11 is 0. The number of nitrogens with zero attached hydrogens (tertiary/aromatic N) is 2. The lowest BCUT2D eigenvalue weighted by molar-refractivity contribution is -0.321. The summed E-state index contributed by atoms with van der Waals surface area (Å²) in [5.41, 5.74) is 0.100. The molecule has 2 rings (SSSR count). The summed E-state index contributed by atoms with van der Waals surface area (Å²) in [4.78, 5) is 24.4. The first-order valence-electron chi connectivity index (χ1n) is 5.42. The van der Waals surface area contributed by atoms with E-state index in [-0.39, 0.29) is 11.4 Å². The minimum Gasteiger partial charge on any atom is -0.808 e. The van der Waals surface area contributed by atoms with Gasteiger partial charge < -0.3 is 23.6 Å². The van der Waals surface area contributed by atoms with E-state index in [4.69, 9.17) is 0 Å². The molecule has 0 saturated heterocycles. The van der Waals surface area contributed by atoms with E-state index in [9.17, 15) is 31.9 Å². The first kappa shape index (κ1) is 16.4. The molecule has 12 heteroatoms. The van der Waals surface area contributed by atoms with Crippen LogP contribution in [0.25, 0.3) is 11.4 Å². The molecule has 0 fully saturated rings.